The standard InChI is InChI=1S/C15H20N6OS/c22-15(20-14-4-3-9-23-14)17-6-5-16-12-10-13(19-11-18-12)21-7-1-2-8-21/h3-4,9-11H,1-2,5-8H2,(H,16,18,19)(H2,17,20,22). The third-order valence-electron chi connectivity index (χ3n) is 3.56. The molecule has 0 atom stereocenters. The summed E-state index contributed by atoms with van der Waals surface area (Å²) in [6.45, 7) is 3.23. The minimum Gasteiger partial charge on any atom is -0.368 e. The van der Waals surface area contributed by atoms with Crippen molar-refractivity contribution in [2.75, 3.05) is 41.7 Å². The van der Waals surface area contributed by atoms with Crippen LogP contribution in [0.25, 0.3) is 0 Å². The van der Waals surface area contributed by atoms with Gasteiger partial charge in [-0.1, -0.05) is 0 Å². The molecule has 3 N–H and O–H groups in total. The van der Waals surface area contributed by atoms with Gasteiger partial charge in [-0.15, -0.1) is 11.3 Å². The van der Waals surface area contributed by atoms with Gasteiger partial charge in [0, 0.05) is 32.2 Å². The van der Waals surface area contributed by atoms with Crippen LogP contribution in [0.1, 0.15) is 12.8 Å². The summed E-state index contributed by atoms with van der Waals surface area (Å²) in [5.74, 6) is 1.74. The maximum Gasteiger partial charge on any atom is 0.319 e. The minimum atomic E-state index is -0.199. The fourth-order valence-electron chi connectivity index (χ4n) is 2.44. The van der Waals surface area contributed by atoms with E-state index in [1.165, 1.54) is 24.2 Å². The van der Waals surface area contributed by atoms with E-state index in [0.29, 0.717) is 13.1 Å². The molecule has 2 aromatic rings. The zero-order chi connectivity index (χ0) is 15.9. The van der Waals surface area contributed by atoms with Crippen molar-refractivity contribution in [2.45, 2.75) is 12.8 Å². The molecule has 0 aliphatic carbocycles. The zero-order valence-electron chi connectivity index (χ0n) is 12.8. The average Bonchev–Trinajstić information content (AvgIpc) is 3.25. The maximum atomic E-state index is 11.7. The van der Waals surface area contributed by atoms with Crippen molar-refractivity contribution in [1.82, 2.24) is 15.3 Å². The lowest BCUT2D eigenvalue weighted by atomic mass is 10.4. The number of carbonyl (C=O) groups excluding carboxylic acids is 1. The van der Waals surface area contributed by atoms with Crippen LogP contribution in [0.15, 0.2) is 29.9 Å². The lowest BCUT2D eigenvalue weighted by Gasteiger charge is -2.16. The van der Waals surface area contributed by atoms with Crippen molar-refractivity contribution in [3.05, 3.63) is 29.9 Å². The van der Waals surface area contributed by atoms with Gasteiger partial charge in [0.15, 0.2) is 0 Å². The Morgan fingerprint density at radius 1 is 1.26 bits per heavy atom. The molecule has 2 amide bonds. The van der Waals surface area contributed by atoms with Crippen molar-refractivity contribution >= 4 is 34.0 Å². The first-order chi connectivity index (χ1) is 11.3. The normalized spacial score (nSPS) is 13.8. The smallest absolute Gasteiger partial charge is 0.319 e. The molecule has 1 fully saturated rings. The molecule has 1 saturated heterocycles. The number of nitrogens with zero attached hydrogens (tertiary/aromatic N) is 3. The summed E-state index contributed by atoms with van der Waals surface area (Å²) in [6, 6.07) is 5.52. The van der Waals surface area contributed by atoms with Crippen LogP contribution >= 0.6 is 11.3 Å². The molecular weight excluding hydrogens is 312 g/mol. The first-order valence-corrected chi connectivity index (χ1v) is 8.58. The Morgan fingerprint density at radius 2 is 2.13 bits per heavy atom. The number of nitrogens with one attached hydrogen (secondary N) is 3. The second kappa shape index (κ2) is 7.77. The monoisotopic (exact) mass is 332 g/mol. The number of amides is 2. The van der Waals surface area contributed by atoms with Gasteiger partial charge in [-0.3, -0.25) is 5.32 Å². The van der Waals surface area contributed by atoms with E-state index in [1.54, 1.807) is 6.33 Å². The van der Waals surface area contributed by atoms with E-state index in [0.717, 1.165) is 29.7 Å². The van der Waals surface area contributed by atoms with Crippen LogP contribution in [0.5, 0.6) is 0 Å². The summed E-state index contributed by atoms with van der Waals surface area (Å²) in [5.41, 5.74) is 0. The van der Waals surface area contributed by atoms with E-state index in [9.17, 15) is 4.79 Å². The SMILES string of the molecule is O=C(NCCNc1cc(N2CCCC2)ncn1)Nc1cccs1. The fourth-order valence-corrected chi connectivity index (χ4v) is 3.05. The molecule has 0 spiro atoms. The number of carbonyl (C=O) groups is 1. The first-order valence-electron chi connectivity index (χ1n) is 7.70. The van der Waals surface area contributed by atoms with Crippen molar-refractivity contribution in [1.29, 1.82) is 0 Å². The molecule has 7 nitrogen and oxygen atoms in total. The molecule has 1 aliphatic heterocycles. The summed E-state index contributed by atoms with van der Waals surface area (Å²) in [6.07, 6.45) is 4.01. The van der Waals surface area contributed by atoms with E-state index in [-0.39, 0.29) is 6.03 Å². The van der Waals surface area contributed by atoms with Crippen LogP contribution in [0.4, 0.5) is 21.4 Å². The van der Waals surface area contributed by atoms with Crippen LogP contribution in [-0.4, -0.2) is 42.2 Å². The summed E-state index contributed by atoms with van der Waals surface area (Å²) < 4.78 is 0. The molecule has 3 heterocycles. The molecule has 3 rings (SSSR count). The van der Waals surface area contributed by atoms with E-state index in [4.69, 9.17) is 0 Å². The highest BCUT2D eigenvalue weighted by Gasteiger charge is 2.13. The zero-order valence-corrected chi connectivity index (χ0v) is 13.6. The van der Waals surface area contributed by atoms with E-state index in [1.807, 2.05) is 23.6 Å². The lowest BCUT2D eigenvalue weighted by molar-refractivity contribution is 0.252. The van der Waals surface area contributed by atoms with Gasteiger partial charge < -0.3 is 15.5 Å². The number of thiophene rings is 1. The Hall–Kier alpha value is -2.35. The Kier molecular flexibility index (Phi) is 5.25. The van der Waals surface area contributed by atoms with Crippen LogP contribution in [0.3, 0.4) is 0 Å². The van der Waals surface area contributed by atoms with Gasteiger partial charge in [-0.25, -0.2) is 14.8 Å². The number of rotatable bonds is 6. The predicted molar refractivity (Wildman–Crippen MR) is 93.3 cm³/mol. The Morgan fingerprint density at radius 3 is 2.91 bits per heavy atom. The van der Waals surface area contributed by atoms with Gasteiger partial charge in [-0.2, -0.15) is 0 Å². The average molecular weight is 332 g/mol. The van der Waals surface area contributed by atoms with Crippen LogP contribution in [-0.2, 0) is 0 Å². The topological polar surface area (TPSA) is 82.2 Å². The Balaban J connectivity index is 1.40. The summed E-state index contributed by atoms with van der Waals surface area (Å²) in [7, 11) is 0. The molecule has 8 heteroatoms. The first kappa shape index (κ1) is 15.5. The number of hydrogen-bond donors (Lipinski definition) is 3. The van der Waals surface area contributed by atoms with Crippen LogP contribution < -0.4 is 20.9 Å². The van der Waals surface area contributed by atoms with Gasteiger partial charge in [0.2, 0.25) is 0 Å². The largest absolute Gasteiger partial charge is 0.368 e. The summed E-state index contributed by atoms with van der Waals surface area (Å²) >= 11 is 1.49. The molecule has 0 aromatic carbocycles. The maximum absolute atomic E-state index is 11.7. The molecule has 1 aliphatic rings. The van der Waals surface area contributed by atoms with Crippen molar-refractivity contribution in [3.8, 4) is 0 Å². The second-order valence-electron chi connectivity index (χ2n) is 5.24. The highest BCUT2D eigenvalue weighted by Crippen LogP contribution is 2.19. The molecular formula is C15H20N6OS. The van der Waals surface area contributed by atoms with E-state index in [2.05, 4.69) is 30.8 Å². The van der Waals surface area contributed by atoms with Crippen LogP contribution in [0, 0.1) is 0 Å². The number of aromatic nitrogens is 2. The van der Waals surface area contributed by atoms with Crippen molar-refractivity contribution in [3.63, 3.8) is 0 Å². The Bertz CT molecular complexity index is 627. The fraction of sp³-hybridized carbons (Fsp3) is 0.400. The minimum absolute atomic E-state index is 0.199. The highest BCUT2D eigenvalue weighted by molar-refractivity contribution is 7.14. The molecule has 23 heavy (non-hydrogen) atoms. The molecule has 0 unspecified atom stereocenters. The molecule has 2 aromatic heterocycles. The van der Waals surface area contributed by atoms with Gasteiger partial charge in [0.05, 0.1) is 5.00 Å². The Labute approximate surface area is 139 Å². The second-order valence-corrected chi connectivity index (χ2v) is 6.19. The third kappa shape index (κ3) is 4.56. The summed E-state index contributed by atoms with van der Waals surface area (Å²) in [4.78, 5) is 22.5. The van der Waals surface area contributed by atoms with Gasteiger partial charge in [0.25, 0.3) is 0 Å². The summed E-state index contributed by atoms with van der Waals surface area (Å²) in [5, 5.41) is 11.5. The van der Waals surface area contributed by atoms with Crippen molar-refractivity contribution in [2.24, 2.45) is 0 Å². The van der Waals surface area contributed by atoms with Crippen molar-refractivity contribution < 1.29 is 4.79 Å². The highest BCUT2D eigenvalue weighted by atomic mass is 32.1. The molecule has 122 valence electrons. The molecule has 0 radical (unpaired) electrons. The third-order valence-corrected chi connectivity index (χ3v) is 4.34. The van der Waals surface area contributed by atoms with Crippen LogP contribution in [0.2, 0.25) is 0 Å². The number of anilines is 3. The molecule has 0 bridgehead atoms. The van der Waals surface area contributed by atoms with E-state index >= 15 is 0 Å². The van der Waals surface area contributed by atoms with E-state index < -0.39 is 0 Å². The number of hydrogen-bond acceptors (Lipinski definition) is 6. The number of urea groups is 1. The van der Waals surface area contributed by atoms with Gasteiger partial charge in [-0.05, 0) is 30.4 Å². The predicted octanol–water partition coefficient (Wildman–Crippen LogP) is 2.37. The molecule has 0 saturated carbocycles. The van der Waals surface area contributed by atoms with Gasteiger partial charge in [0.1, 0.15) is 18.0 Å². The van der Waals surface area contributed by atoms with Gasteiger partial charge >= 0.3 is 6.03 Å². The quantitative estimate of drug-likeness (QED) is 0.708. The lowest BCUT2D eigenvalue weighted by Crippen LogP contribution is -2.32.